The summed E-state index contributed by atoms with van der Waals surface area (Å²) in [6, 6.07) is 1.17. The van der Waals surface area contributed by atoms with E-state index in [4.69, 9.17) is 11.5 Å². The zero-order chi connectivity index (χ0) is 8.97. The first-order chi connectivity index (χ1) is 5.74. The Balaban J connectivity index is 3.01. The predicted molar refractivity (Wildman–Crippen MR) is 44.5 cm³/mol. The predicted octanol–water partition coefficient (Wildman–Crippen LogP) is 0.113. The number of rotatable bonds is 0. The van der Waals surface area contributed by atoms with E-state index >= 15 is 0 Å². The van der Waals surface area contributed by atoms with Gasteiger partial charge in [-0.15, -0.1) is 0 Å². The molecule has 0 aliphatic rings. The number of hydrogen-bond donors (Lipinski definition) is 2. The summed E-state index contributed by atoms with van der Waals surface area (Å²) < 4.78 is 12.5. The van der Waals surface area contributed by atoms with E-state index in [9.17, 15) is 4.39 Å². The lowest BCUT2D eigenvalue weighted by atomic mass is 10.3. The third-order valence-corrected chi connectivity index (χ3v) is 1.19. The van der Waals surface area contributed by atoms with Crippen LogP contribution in [0.1, 0.15) is 5.69 Å². The third-order valence-electron chi connectivity index (χ3n) is 1.19. The molecule has 0 aliphatic carbocycles. The van der Waals surface area contributed by atoms with Crippen LogP contribution in [-0.4, -0.2) is 11.5 Å². The third kappa shape index (κ3) is 1.94. The van der Waals surface area contributed by atoms with Crippen molar-refractivity contribution in [2.24, 2.45) is 5.73 Å². The van der Waals surface area contributed by atoms with Gasteiger partial charge in [0.2, 0.25) is 0 Å². The lowest BCUT2D eigenvalue weighted by Crippen LogP contribution is -1.97. The molecule has 1 aromatic heterocycles. The lowest BCUT2D eigenvalue weighted by molar-refractivity contribution is 0.622. The van der Waals surface area contributed by atoms with Gasteiger partial charge in [0.25, 0.3) is 0 Å². The summed E-state index contributed by atoms with van der Waals surface area (Å²) in [5.74, 6) is 4.73. The molecule has 1 aromatic rings. The molecule has 12 heavy (non-hydrogen) atoms. The molecule has 0 amide bonds. The normalized spacial score (nSPS) is 8.83. The van der Waals surface area contributed by atoms with Crippen molar-refractivity contribution in [2.45, 2.75) is 0 Å². The van der Waals surface area contributed by atoms with Crippen LogP contribution in [0.4, 0.5) is 10.1 Å². The number of aromatic nitrogens is 1. The molecule has 0 radical (unpaired) electrons. The van der Waals surface area contributed by atoms with Gasteiger partial charge in [0.15, 0.2) is 0 Å². The zero-order valence-electron chi connectivity index (χ0n) is 6.34. The van der Waals surface area contributed by atoms with E-state index in [0.717, 1.165) is 6.20 Å². The van der Waals surface area contributed by atoms with Crippen LogP contribution in [0.15, 0.2) is 12.3 Å². The minimum absolute atomic E-state index is 0.232. The van der Waals surface area contributed by atoms with Crippen LogP contribution in [0.2, 0.25) is 0 Å². The zero-order valence-corrected chi connectivity index (χ0v) is 6.34. The Hall–Kier alpha value is -1.60. The number of hydrogen-bond acceptors (Lipinski definition) is 3. The topological polar surface area (TPSA) is 64.9 Å². The Bertz CT molecular complexity index is 338. The summed E-state index contributed by atoms with van der Waals surface area (Å²) >= 11 is 0. The second kappa shape index (κ2) is 3.69. The van der Waals surface area contributed by atoms with Gasteiger partial charge in [0.1, 0.15) is 11.5 Å². The summed E-state index contributed by atoms with van der Waals surface area (Å²) in [5.41, 5.74) is 11.2. The molecule has 0 aliphatic heterocycles. The molecule has 0 fully saturated rings. The van der Waals surface area contributed by atoms with E-state index in [2.05, 4.69) is 16.8 Å². The number of nitrogen functional groups attached to an aromatic ring is 1. The van der Waals surface area contributed by atoms with E-state index in [1.807, 2.05) is 0 Å². The van der Waals surface area contributed by atoms with Gasteiger partial charge in [-0.2, -0.15) is 0 Å². The molecule has 0 spiro atoms. The van der Waals surface area contributed by atoms with Crippen molar-refractivity contribution in [3.8, 4) is 11.8 Å². The molecule has 0 aromatic carbocycles. The molecular formula is C8H8FN3. The first kappa shape index (κ1) is 8.50. The summed E-state index contributed by atoms with van der Waals surface area (Å²) in [6.07, 6.45) is 1.07. The van der Waals surface area contributed by atoms with Gasteiger partial charge in [-0.1, -0.05) is 5.92 Å². The van der Waals surface area contributed by atoms with Crippen molar-refractivity contribution in [3.63, 3.8) is 0 Å². The molecule has 4 heteroatoms. The Morgan fingerprint density at radius 1 is 1.58 bits per heavy atom. The first-order valence-electron chi connectivity index (χ1n) is 3.34. The number of nitrogens with two attached hydrogens (primary N) is 2. The quantitative estimate of drug-likeness (QED) is 0.536. The SMILES string of the molecule is NCC#Cc1ncc(F)cc1N. The number of halogens is 1. The van der Waals surface area contributed by atoms with Crippen LogP contribution in [0.5, 0.6) is 0 Å². The summed E-state index contributed by atoms with van der Waals surface area (Å²) in [6.45, 7) is 0.235. The minimum atomic E-state index is -0.467. The van der Waals surface area contributed by atoms with E-state index in [1.165, 1.54) is 6.07 Å². The Kier molecular flexibility index (Phi) is 2.62. The maximum atomic E-state index is 12.5. The van der Waals surface area contributed by atoms with Crippen LogP contribution < -0.4 is 11.5 Å². The fourth-order valence-electron chi connectivity index (χ4n) is 0.694. The van der Waals surface area contributed by atoms with E-state index in [0.29, 0.717) is 5.69 Å². The van der Waals surface area contributed by atoms with Gasteiger partial charge >= 0.3 is 0 Å². The monoisotopic (exact) mass is 165 g/mol. The van der Waals surface area contributed by atoms with E-state index in [1.54, 1.807) is 0 Å². The van der Waals surface area contributed by atoms with Crippen molar-refractivity contribution in [3.05, 3.63) is 23.8 Å². The second-order valence-corrected chi connectivity index (χ2v) is 2.10. The van der Waals surface area contributed by atoms with Gasteiger partial charge in [-0.25, -0.2) is 9.37 Å². The highest BCUT2D eigenvalue weighted by molar-refractivity contribution is 5.51. The standard InChI is InChI=1S/C8H8FN3/c9-6-4-7(11)8(12-5-6)2-1-3-10/h4-5H,3,10-11H2. The molecule has 0 atom stereocenters. The van der Waals surface area contributed by atoms with Gasteiger partial charge in [-0.3, -0.25) is 0 Å². The smallest absolute Gasteiger partial charge is 0.143 e. The highest BCUT2D eigenvalue weighted by Crippen LogP contribution is 2.07. The maximum Gasteiger partial charge on any atom is 0.143 e. The minimum Gasteiger partial charge on any atom is -0.396 e. The fraction of sp³-hybridized carbons (Fsp3) is 0.125. The summed E-state index contributed by atoms with van der Waals surface area (Å²) in [4.78, 5) is 3.69. The maximum absolute atomic E-state index is 12.5. The Labute approximate surface area is 69.6 Å². The number of nitrogens with zero attached hydrogens (tertiary/aromatic N) is 1. The van der Waals surface area contributed by atoms with Crippen molar-refractivity contribution in [1.82, 2.24) is 4.98 Å². The average Bonchev–Trinajstić information content (AvgIpc) is 2.03. The molecular weight excluding hydrogens is 157 g/mol. The summed E-state index contributed by atoms with van der Waals surface area (Å²) in [7, 11) is 0. The highest BCUT2D eigenvalue weighted by atomic mass is 19.1. The molecule has 0 saturated carbocycles. The van der Waals surface area contributed by atoms with E-state index < -0.39 is 5.82 Å². The van der Waals surface area contributed by atoms with Gasteiger partial charge in [-0.05, 0) is 5.92 Å². The van der Waals surface area contributed by atoms with Crippen molar-refractivity contribution in [2.75, 3.05) is 12.3 Å². The molecule has 1 heterocycles. The number of anilines is 1. The first-order valence-corrected chi connectivity index (χ1v) is 3.34. The molecule has 0 bridgehead atoms. The average molecular weight is 165 g/mol. The highest BCUT2D eigenvalue weighted by Gasteiger charge is 1.97. The molecule has 0 saturated heterocycles. The fourth-order valence-corrected chi connectivity index (χ4v) is 0.694. The largest absolute Gasteiger partial charge is 0.396 e. The van der Waals surface area contributed by atoms with Crippen LogP contribution in [0.25, 0.3) is 0 Å². The van der Waals surface area contributed by atoms with Crippen LogP contribution >= 0.6 is 0 Å². The second-order valence-electron chi connectivity index (χ2n) is 2.10. The Morgan fingerprint density at radius 3 is 2.92 bits per heavy atom. The summed E-state index contributed by atoms with van der Waals surface area (Å²) in [5, 5.41) is 0. The van der Waals surface area contributed by atoms with Crippen molar-refractivity contribution in [1.29, 1.82) is 0 Å². The van der Waals surface area contributed by atoms with Gasteiger partial charge in [0, 0.05) is 6.07 Å². The molecule has 4 N–H and O–H groups in total. The molecule has 1 rings (SSSR count). The Morgan fingerprint density at radius 2 is 2.33 bits per heavy atom. The van der Waals surface area contributed by atoms with Crippen LogP contribution in [0, 0.1) is 17.7 Å². The molecule has 62 valence electrons. The van der Waals surface area contributed by atoms with Gasteiger partial charge in [0.05, 0.1) is 18.4 Å². The van der Waals surface area contributed by atoms with E-state index in [-0.39, 0.29) is 12.2 Å². The van der Waals surface area contributed by atoms with Gasteiger partial charge < -0.3 is 11.5 Å². The van der Waals surface area contributed by atoms with Crippen LogP contribution in [-0.2, 0) is 0 Å². The number of pyridine rings is 1. The van der Waals surface area contributed by atoms with Crippen molar-refractivity contribution < 1.29 is 4.39 Å². The molecule has 0 unspecified atom stereocenters. The van der Waals surface area contributed by atoms with Crippen molar-refractivity contribution >= 4 is 5.69 Å². The van der Waals surface area contributed by atoms with Crippen LogP contribution in [0.3, 0.4) is 0 Å². The molecule has 3 nitrogen and oxygen atoms in total. The lowest BCUT2D eigenvalue weighted by Gasteiger charge is -1.95.